The lowest BCUT2D eigenvalue weighted by Crippen LogP contribution is -2.19. The number of sulfonamides is 1. The van der Waals surface area contributed by atoms with E-state index in [-0.39, 0.29) is 10.8 Å². The van der Waals surface area contributed by atoms with Gasteiger partial charge >= 0.3 is 0 Å². The van der Waals surface area contributed by atoms with Crippen LogP contribution in [-0.4, -0.2) is 32.3 Å². The minimum atomic E-state index is -3.87. The van der Waals surface area contributed by atoms with E-state index >= 15 is 0 Å². The van der Waals surface area contributed by atoms with Gasteiger partial charge in [0, 0.05) is 17.8 Å². The van der Waals surface area contributed by atoms with Crippen LogP contribution in [0.2, 0.25) is 5.02 Å². The van der Waals surface area contributed by atoms with Gasteiger partial charge in [0.15, 0.2) is 0 Å². The molecule has 6 nitrogen and oxygen atoms in total. The Kier molecular flexibility index (Phi) is 6.79. The number of nitrogens with one attached hydrogen (secondary N) is 2. The van der Waals surface area contributed by atoms with Gasteiger partial charge in [-0.2, -0.15) is 0 Å². The molecule has 1 heterocycles. The predicted octanol–water partition coefficient (Wildman–Crippen LogP) is 4.99. The summed E-state index contributed by atoms with van der Waals surface area (Å²) in [6.45, 7) is 2.99. The molecule has 166 valence electrons. The van der Waals surface area contributed by atoms with Gasteiger partial charge in [-0.15, -0.1) is 0 Å². The number of nitrogens with zero attached hydrogens (tertiary/aromatic N) is 1. The maximum atomic E-state index is 12.8. The molecule has 1 aliphatic rings. The highest BCUT2D eigenvalue weighted by molar-refractivity contribution is 7.92. The summed E-state index contributed by atoms with van der Waals surface area (Å²) in [6, 6.07) is 20.2. The van der Waals surface area contributed by atoms with E-state index in [0.717, 1.165) is 25.2 Å². The Labute approximate surface area is 193 Å². The van der Waals surface area contributed by atoms with E-state index in [4.69, 9.17) is 11.6 Å². The summed E-state index contributed by atoms with van der Waals surface area (Å²) in [5.41, 5.74) is 2.30. The molecule has 32 heavy (non-hydrogen) atoms. The lowest BCUT2D eigenvalue weighted by atomic mass is 10.1. The molecule has 1 fully saturated rings. The minimum Gasteiger partial charge on any atom is -0.322 e. The van der Waals surface area contributed by atoms with Crippen LogP contribution in [0.5, 0.6) is 0 Å². The second kappa shape index (κ2) is 9.73. The number of amides is 1. The van der Waals surface area contributed by atoms with Gasteiger partial charge in [-0.1, -0.05) is 41.9 Å². The van der Waals surface area contributed by atoms with Gasteiger partial charge in [-0.3, -0.25) is 14.4 Å². The molecular weight excluding hydrogens is 446 g/mol. The minimum absolute atomic E-state index is 0.0259. The molecule has 3 aromatic rings. The van der Waals surface area contributed by atoms with Crippen LogP contribution in [0.1, 0.15) is 28.8 Å². The Morgan fingerprint density at radius 2 is 1.69 bits per heavy atom. The number of para-hydroxylation sites is 1. The third kappa shape index (κ3) is 5.48. The van der Waals surface area contributed by atoms with Gasteiger partial charge < -0.3 is 5.32 Å². The van der Waals surface area contributed by atoms with Gasteiger partial charge in [-0.25, -0.2) is 8.42 Å². The Bertz CT molecular complexity index is 1220. The zero-order valence-corrected chi connectivity index (χ0v) is 19.0. The number of hydrogen-bond donors (Lipinski definition) is 2. The fourth-order valence-corrected chi connectivity index (χ4v) is 5.07. The zero-order chi connectivity index (χ0) is 22.6. The molecule has 1 aliphatic heterocycles. The number of carbonyl (C=O) groups excluding carboxylic acids is 1. The molecule has 0 aromatic heterocycles. The Hall–Kier alpha value is -2.87. The molecule has 0 atom stereocenters. The average Bonchev–Trinajstić information content (AvgIpc) is 3.29. The highest BCUT2D eigenvalue weighted by atomic mass is 35.5. The van der Waals surface area contributed by atoms with Crippen LogP contribution in [0.4, 0.5) is 11.4 Å². The summed E-state index contributed by atoms with van der Waals surface area (Å²) in [7, 11) is -3.87. The maximum Gasteiger partial charge on any atom is 0.262 e. The maximum absolute atomic E-state index is 12.8. The molecule has 0 radical (unpaired) electrons. The molecule has 1 saturated heterocycles. The van der Waals surface area contributed by atoms with E-state index in [0.29, 0.717) is 22.0 Å². The van der Waals surface area contributed by atoms with E-state index < -0.39 is 10.0 Å². The summed E-state index contributed by atoms with van der Waals surface area (Å²) in [4.78, 5) is 15.2. The van der Waals surface area contributed by atoms with Gasteiger partial charge in [-0.05, 0) is 74.0 Å². The SMILES string of the molecule is O=C(Nc1cccc(S(=O)(=O)Nc2ccccc2Cl)c1)c1cccc(CN2CCCC2)c1. The van der Waals surface area contributed by atoms with Crippen LogP contribution < -0.4 is 10.0 Å². The second-order valence-electron chi connectivity index (χ2n) is 7.75. The Morgan fingerprint density at radius 1 is 0.938 bits per heavy atom. The molecule has 0 spiro atoms. The largest absolute Gasteiger partial charge is 0.322 e. The molecular formula is C24H24ClN3O3S. The van der Waals surface area contributed by atoms with Crippen molar-refractivity contribution in [1.82, 2.24) is 4.90 Å². The average molecular weight is 470 g/mol. The molecule has 8 heteroatoms. The topological polar surface area (TPSA) is 78.5 Å². The quantitative estimate of drug-likeness (QED) is 0.511. The van der Waals surface area contributed by atoms with Gasteiger partial charge in [0.05, 0.1) is 15.6 Å². The van der Waals surface area contributed by atoms with Crippen molar-refractivity contribution >= 4 is 38.9 Å². The van der Waals surface area contributed by atoms with E-state index in [9.17, 15) is 13.2 Å². The van der Waals surface area contributed by atoms with Crippen molar-refractivity contribution in [2.45, 2.75) is 24.3 Å². The Balaban J connectivity index is 1.48. The first kappa shape index (κ1) is 22.3. The fourth-order valence-electron chi connectivity index (χ4n) is 3.70. The van der Waals surface area contributed by atoms with Crippen molar-refractivity contribution in [3.63, 3.8) is 0 Å². The van der Waals surface area contributed by atoms with E-state index in [1.807, 2.05) is 18.2 Å². The summed E-state index contributed by atoms with van der Waals surface area (Å²) < 4.78 is 28.0. The number of anilines is 2. The van der Waals surface area contributed by atoms with Gasteiger partial charge in [0.25, 0.3) is 15.9 Å². The smallest absolute Gasteiger partial charge is 0.262 e. The summed E-state index contributed by atoms with van der Waals surface area (Å²) in [6.07, 6.45) is 2.43. The van der Waals surface area contributed by atoms with Crippen LogP contribution in [0.15, 0.2) is 77.7 Å². The molecule has 0 saturated carbocycles. The molecule has 1 amide bonds. The number of carbonyl (C=O) groups is 1. The van der Waals surface area contributed by atoms with Crippen molar-refractivity contribution in [3.05, 3.63) is 88.9 Å². The second-order valence-corrected chi connectivity index (χ2v) is 9.84. The number of hydrogen-bond acceptors (Lipinski definition) is 4. The molecule has 4 rings (SSSR count). The first-order valence-electron chi connectivity index (χ1n) is 10.4. The fraction of sp³-hybridized carbons (Fsp3) is 0.208. The highest BCUT2D eigenvalue weighted by Crippen LogP contribution is 2.25. The van der Waals surface area contributed by atoms with Crippen molar-refractivity contribution in [3.8, 4) is 0 Å². The van der Waals surface area contributed by atoms with E-state index in [2.05, 4.69) is 14.9 Å². The van der Waals surface area contributed by atoms with E-state index in [1.165, 1.54) is 25.0 Å². The lowest BCUT2D eigenvalue weighted by molar-refractivity contribution is 0.102. The zero-order valence-electron chi connectivity index (χ0n) is 17.4. The normalized spacial score (nSPS) is 14.3. The predicted molar refractivity (Wildman–Crippen MR) is 128 cm³/mol. The third-order valence-corrected chi connectivity index (χ3v) is 7.01. The monoisotopic (exact) mass is 469 g/mol. The third-order valence-electron chi connectivity index (χ3n) is 5.31. The van der Waals surface area contributed by atoms with Crippen molar-refractivity contribution < 1.29 is 13.2 Å². The van der Waals surface area contributed by atoms with E-state index in [1.54, 1.807) is 42.5 Å². The molecule has 0 unspecified atom stereocenters. The van der Waals surface area contributed by atoms with Crippen LogP contribution in [0.25, 0.3) is 0 Å². The van der Waals surface area contributed by atoms with Crippen LogP contribution in [0.3, 0.4) is 0 Å². The van der Waals surface area contributed by atoms with Crippen LogP contribution in [-0.2, 0) is 16.6 Å². The standard InChI is InChI=1S/C24H24ClN3O3S/c25-22-11-1-2-12-23(22)27-32(30,31)21-10-6-9-20(16-21)26-24(29)19-8-5-7-18(15-19)17-28-13-3-4-14-28/h1-2,5-12,15-16,27H,3-4,13-14,17H2,(H,26,29). The molecule has 0 aliphatic carbocycles. The Morgan fingerprint density at radius 3 is 2.47 bits per heavy atom. The van der Waals surface area contributed by atoms with Crippen molar-refractivity contribution in [2.75, 3.05) is 23.1 Å². The highest BCUT2D eigenvalue weighted by Gasteiger charge is 2.17. The number of likely N-dealkylation sites (tertiary alicyclic amines) is 1. The lowest BCUT2D eigenvalue weighted by Gasteiger charge is -2.15. The van der Waals surface area contributed by atoms with Gasteiger partial charge in [0.2, 0.25) is 0 Å². The number of benzene rings is 3. The first-order valence-corrected chi connectivity index (χ1v) is 12.3. The van der Waals surface area contributed by atoms with Crippen LogP contribution >= 0.6 is 11.6 Å². The number of halogens is 1. The van der Waals surface area contributed by atoms with Crippen molar-refractivity contribution in [1.29, 1.82) is 0 Å². The van der Waals surface area contributed by atoms with Crippen LogP contribution in [0, 0.1) is 0 Å². The molecule has 3 aromatic carbocycles. The molecule has 0 bridgehead atoms. The van der Waals surface area contributed by atoms with Crippen molar-refractivity contribution in [2.24, 2.45) is 0 Å². The summed E-state index contributed by atoms with van der Waals surface area (Å²) in [5, 5.41) is 3.10. The van der Waals surface area contributed by atoms with Gasteiger partial charge in [0.1, 0.15) is 0 Å². The first-order chi connectivity index (χ1) is 15.4. The number of rotatable bonds is 7. The summed E-state index contributed by atoms with van der Waals surface area (Å²) in [5.74, 6) is -0.290. The summed E-state index contributed by atoms with van der Waals surface area (Å²) >= 11 is 6.06. The molecule has 2 N–H and O–H groups in total.